The summed E-state index contributed by atoms with van der Waals surface area (Å²) < 4.78 is 0. The second kappa shape index (κ2) is 9.88. The van der Waals surface area contributed by atoms with Crippen LogP contribution in [-0.2, 0) is 4.79 Å². The van der Waals surface area contributed by atoms with Crippen LogP contribution in [0.25, 0.3) is 0 Å². The zero-order valence-corrected chi connectivity index (χ0v) is 18.5. The lowest BCUT2D eigenvalue weighted by Gasteiger charge is -2.32. The number of carbonyl (C=O) groups excluding carboxylic acids is 2. The molecule has 31 heavy (non-hydrogen) atoms. The maximum absolute atomic E-state index is 13.7. The van der Waals surface area contributed by atoms with Gasteiger partial charge in [-0.05, 0) is 61.0 Å². The number of benzene rings is 1. The number of rotatable bonds is 6. The number of hydrogen-bond acceptors (Lipinski definition) is 4. The van der Waals surface area contributed by atoms with E-state index in [9.17, 15) is 9.59 Å². The fraction of sp³-hybridized carbons (Fsp3) is 0.320. The summed E-state index contributed by atoms with van der Waals surface area (Å²) in [5.41, 5.74) is 2.03. The van der Waals surface area contributed by atoms with E-state index in [1.54, 1.807) is 29.3 Å². The number of carbonyl (C=O) groups is 2. The van der Waals surface area contributed by atoms with Crippen LogP contribution in [0.3, 0.4) is 0 Å². The van der Waals surface area contributed by atoms with Crippen molar-refractivity contribution in [2.24, 2.45) is 0 Å². The van der Waals surface area contributed by atoms with Gasteiger partial charge in [0.2, 0.25) is 5.91 Å². The summed E-state index contributed by atoms with van der Waals surface area (Å²) in [6, 6.07) is 16.2. The molecule has 2 heterocycles. The molecule has 2 aromatic heterocycles. The van der Waals surface area contributed by atoms with Gasteiger partial charge in [0, 0.05) is 22.8 Å². The molecule has 1 aliphatic rings. The lowest BCUT2D eigenvalue weighted by Crippen LogP contribution is -2.47. The maximum Gasteiger partial charge on any atom is 0.277 e. The zero-order chi connectivity index (χ0) is 21.6. The number of nitrogens with one attached hydrogen (secondary N) is 1. The number of aromatic nitrogens is 1. The second-order valence-corrected chi connectivity index (χ2v) is 8.97. The standard InChI is InChI=1S/C25H27N3O2S/c1-18-9-7-12-20(17-18)28(25(30)21-13-5-6-15-26-21)23(22-14-8-16-31-22)24(29)27-19-10-3-2-4-11-19/h5-9,12-17,19,23H,2-4,10-11H2,1H3,(H,27,29)/t23-/m1/s1. The molecule has 1 fully saturated rings. The predicted octanol–water partition coefficient (Wildman–Crippen LogP) is 5.29. The molecule has 3 aromatic rings. The van der Waals surface area contributed by atoms with Gasteiger partial charge in [0.1, 0.15) is 5.69 Å². The van der Waals surface area contributed by atoms with Crippen LogP contribution in [0.2, 0.25) is 0 Å². The summed E-state index contributed by atoms with van der Waals surface area (Å²) in [4.78, 5) is 34.0. The quantitative estimate of drug-likeness (QED) is 0.575. The fourth-order valence-electron chi connectivity index (χ4n) is 4.12. The zero-order valence-electron chi connectivity index (χ0n) is 17.7. The van der Waals surface area contributed by atoms with Crippen LogP contribution in [-0.4, -0.2) is 22.8 Å². The van der Waals surface area contributed by atoms with Crippen molar-refractivity contribution in [3.63, 3.8) is 0 Å². The van der Waals surface area contributed by atoms with Crippen LogP contribution < -0.4 is 10.2 Å². The minimum absolute atomic E-state index is 0.139. The van der Waals surface area contributed by atoms with Gasteiger partial charge in [0.05, 0.1) is 0 Å². The van der Waals surface area contributed by atoms with Gasteiger partial charge in [-0.1, -0.05) is 43.5 Å². The molecule has 1 aliphatic carbocycles. The van der Waals surface area contributed by atoms with Crippen LogP contribution in [0.5, 0.6) is 0 Å². The number of amides is 2. The third-order valence-electron chi connectivity index (χ3n) is 5.65. The van der Waals surface area contributed by atoms with E-state index >= 15 is 0 Å². The highest BCUT2D eigenvalue weighted by Gasteiger charge is 2.35. The Kier molecular flexibility index (Phi) is 6.77. The van der Waals surface area contributed by atoms with Crippen molar-refractivity contribution in [2.45, 2.75) is 51.1 Å². The summed E-state index contributed by atoms with van der Waals surface area (Å²) in [6.45, 7) is 1.98. The van der Waals surface area contributed by atoms with E-state index in [1.165, 1.54) is 17.8 Å². The van der Waals surface area contributed by atoms with Crippen LogP contribution >= 0.6 is 11.3 Å². The average Bonchev–Trinajstić information content (AvgIpc) is 3.32. The Morgan fingerprint density at radius 2 is 1.90 bits per heavy atom. The predicted molar refractivity (Wildman–Crippen MR) is 124 cm³/mol. The molecule has 1 aromatic carbocycles. The monoisotopic (exact) mass is 433 g/mol. The van der Waals surface area contributed by atoms with Crippen molar-refractivity contribution in [1.29, 1.82) is 0 Å². The Morgan fingerprint density at radius 3 is 2.58 bits per heavy atom. The first-order valence-electron chi connectivity index (χ1n) is 10.8. The minimum atomic E-state index is -0.752. The van der Waals surface area contributed by atoms with Gasteiger partial charge >= 0.3 is 0 Å². The molecule has 0 aliphatic heterocycles. The van der Waals surface area contributed by atoms with Crippen LogP contribution in [0.4, 0.5) is 5.69 Å². The molecule has 6 heteroatoms. The van der Waals surface area contributed by atoms with E-state index in [2.05, 4.69) is 10.3 Å². The molecule has 0 radical (unpaired) electrons. The molecule has 2 amide bonds. The van der Waals surface area contributed by atoms with Gasteiger partial charge in [-0.15, -0.1) is 11.3 Å². The van der Waals surface area contributed by atoms with Gasteiger partial charge in [-0.2, -0.15) is 0 Å². The normalized spacial score (nSPS) is 15.3. The van der Waals surface area contributed by atoms with E-state index in [0.29, 0.717) is 11.4 Å². The molecule has 5 nitrogen and oxygen atoms in total. The van der Waals surface area contributed by atoms with Crippen LogP contribution in [0.15, 0.2) is 66.2 Å². The van der Waals surface area contributed by atoms with E-state index in [1.807, 2.05) is 48.7 Å². The van der Waals surface area contributed by atoms with Crippen LogP contribution in [0, 0.1) is 6.92 Å². The molecule has 0 saturated heterocycles. The lowest BCUT2D eigenvalue weighted by atomic mass is 9.95. The summed E-state index contributed by atoms with van der Waals surface area (Å²) >= 11 is 1.49. The number of anilines is 1. The molecule has 0 unspecified atom stereocenters. The first-order valence-corrected chi connectivity index (χ1v) is 11.7. The van der Waals surface area contributed by atoms with Crippen molar-refractivity contribution < 1.29 is 9.59 Å². The molecule has 1 saturated carbocycles. The Bertz CT molecular complexity index is 1010. The van der Waals surface area contributed by atoms with E-state index in [-0.39, 0.29) is 17.9 Å². The summed E-state index contributed by atoms with van der Waals surface area (Å²) in [6.07, 6.45) is 7.05. The Labute approximate surface area is 187 Å². The summed E-state index contributed by atoms with van der Waals surface area (Å²) in [7, 11) is 0. The average molecular weight is 434 g/mol. The summed E-state index contributed by atoms with van der Waals surface area (Å²) in [5, 5.41) is 5.17. The number of pyridine rings is 1. The first-order chi connectivity index (χ1) is 15.1. The van der Waals surface area contributed by atoms with Crippen molar-refractivity contribution in [1.82, 2.24) is 10.3 Å². The Morgan fingerprint density at radius 1 is 1.06 bits per heavy atom. The third kappa shape index (κ3) is 5.02. The first kappa shape index (κ1) is 21.2. The summed E-state index contributed by atoms with van der Waals surface area (Å²) in [5.74, 6) is -0.427. The largest absolute Gasteiger partial charge is 0.351 e. The SMILES string of the molecule is Cc1cccc(N(C(=O)c2ccccn2)[C@@H](C(=O)NC2CCCCC2)c2cccs2)c1. The fourth-order valence-corrected chi connectivity index (χ4v) is 4.93. The number of aryl methyl sites for hydroxylation is 1. The maximum atomic E-state index is 13.7. The van der Waals surface area contributed by atoms with Gasteiger partial charge in [-0.3, -0.25) is 19.5 Å². The highest BCUT2D eigenvalue weighted by molar-refractivity contribution is 7.10. The Balaban J connectivity index is 1.76. The minimum Gasteiger partial charge on any atom is -0.351 e. The van der Waals surface area contributed by atoms with Gasteiger partial charge < -0.3 is 5.32 Å². The van der Waals surface area contributed by atoms with E-state index in [4.69, 9.17) is 0 Å². The molecule has 0 spiro atoms. The van der Waals surface area contributed by atoms with Gasteiger partial charge in [0.25, 0.3) is 5.91 Å². The van der Waals surface area contributed by atoms with Crippen molar-refractivity contribution in [2.75, 3.05) is 4.90 Å². The van der Waals surface area contributed by atoms with E-state index < -0.39 is 6.04 Å². The van der Waals surface area contributed by atoms with Crippen molar-refractivity contribution in [3.05, 3.63) is 82.3 Å². The molecular formula is C25H27N3O2S. The Hall–Kier alpha value is -2.99. The van der Waals surface area contributed by atoms with E-state index in [0.717, 1.165) is 36.1 Å². The third-order valence-corrected chi connectivity index (χ3v) is 6.58. The number of hydrogen-bond donors (Lipinski definition) is 1. The number of thiophene rings is 1. The van der Waals surface area contributed by atoms with Gasteiger partial charge in [-0.25, -0.2) is 0 Å². The molecule has 1 N–H and O–H groups in total. The second-order valence-electron chi connectivity index (χ2n) is 7.99. The molecule has 160 valence electrons. The smallest absolute Gasteiger partial charge is 0.277 e. The lowest BCUT2D eigenvalue weighted by molar-refractivity contribution is -0.123. The molecule has 1 atom stereocenters. The molecule has 0 bridgehead atoms. The molecule has 4 rings (SSSR count). The highest BCUT2D eigenvalue weighted by Crippen LogP contribution is 2.33. The van der Waals surface area contributed by atoms with Gasteiger partial charge in [0.15, 0.2) is 6.04 Å². The topological polar surface area (TPSA) is 62.3 Å². The van der Waals surface area contributed by atoms with Crippen molar-refractivity contribution in [3.8, 4) is 0 Å². The van der Waals surface area contributed by atoms with Crippen molar-refractivity contribution >= 4 is 28.8 Å². The number of nitrogens with zero attached hydrogens (tertiary/aromatic N) is 2. The highest BCUT2D eigenvalue weighted by atomic mass is 32.1. The van der Waals surface area contributed by atoms with Crippen LogP contribution in [0.1, 0.15) is 59.1 Å². The molecular weight excluding hydrogens is 406 g/mol.